The maximum atomic E-state index is 13.8. The minimum atomic E-state index is -3.14. The van der Waals surface area contributed by atoms with E-state index in [1.54, 1.807) is 31.8 Å². The first kappa shape index (κ1) is 54.5. The number of pyridine rings is 1. The lowest BCUT2D eigenvalue weighted by Gasteiger charge is -2.48. The maximum absolute atomic E-state index is 13.8. The highest BCUT2D eigenvalue weighted by Crippen LogP contribution is 2.41. The van der Waals surface area contributed by atoms with Crippen LogP contribution in [0.5, 0.6) is 11.5 Å². The van der Waals surface area contributed by atoms with Crippen molar-refractivity contribution in [3.8, 4) is 17.6 Å². The number of hydrogen-bond donors (Lipinski definition) is 2. The highest BCUT2D eigenvalue weighted by molar-refractivity contribution is 6.47. The summed E-state index contributed by atoms with van der Waals surface area (Å²) in [5.41, 5.74) is 0.265. The van der Waals surface area contributed by atoms with Crippen LogP contribution in [0.4, 0.5) is 8.78 Å². The minimum absolute atomic E-state index is 0.261. The Morgan fingerprint density at radius 2 is 1.49 bits per heavy atom. The summed E-state index contributed by atoms with van der Waals surface area (Å²) in [7, 11) is 1.80. The Morgan fingerprint density at radius 1 is 0.853 bits per heavy atom. The van der Waals surface area contributed by atoms with E-state index in [1.165, 1.54) is 12.3 Å². The molecule has 2 saturated heterocycles. The van der Waals surface area contributed by atoms with E-state index in [9.17, 15) is 28.7 Å². The van der Waals surface area contributed by atoms with E-state index in [-0.39, 0.29) is 5.56 Å². The van der Waals surface area contributed by atoms with Crippen molar-refractivity contribution < 1.29 is 51.9 Å². The van der Waals surface area contributed by atoms with Gasteiger partial charge in [0.1, 0.15) is 24.1 Å². The summed E-state index contributed by atoms with van der Waals surface area (Å²) in [5, 5.41) is 26.1. The second-order valence-electron chi connectivity index (χ2n) is 17.7. The zero-order valence-electron chi connectivity index (χ0n) is 40.5. The molecule has 3 heterocycles. The number of halogens is 2. The van der Waals surface area contributed by atoms with E-state index in [2.05, 4.69) is 42.9 Å². The second kappa shape index (κ2) is 27.6. The molecule has 0 saturated carbocycles. The number of nitrogens with one attached hydrogen (secondary N) is 1. The van der Waals surface area contributed by atoms with Crippen molar-refractivity contribution >= 4 is 35.7 Å². The second-order valence-corrected chi connectivity index (χ2v) is 17.7. The van der Waals surface area contributed by atoms with Crippen LogP contribution < -0.4 is 20.3 Å². The van der Waals surface area contributed by atoms with Crippen molar-refractivity contribution in [3.05, 3.63) is 60.3 Å². The van der Waals surface area contributed by atoms with Gasteiger partial charge in [0.15, 0.2) is 0 Å². The molecule has 1 atom stereocenters. The summed E-state index contributed by atoms with van der Waals surface area (Å²) in [4.78, 5) is 39.1. The zero-order valence-corrected chi connectivity index (χ0v) is 40.5. The third-order valence-corrected chi connectivity index (χ3v) is 12.5. The Labute approximate surface area is 401 Å². The van der Waals surface area contributed by atoms with Crippen molar-refractivity contribution in [1.82, 2.24) is 25.2 Å². The Hall–Kier alpha value is -4.48. The molecule has 3 aromatic rings. The summed E-state index contributed by atoms with van der Waals surface area (Å²) in [6.07, 6.45) is 8.29. The fraction of sp³-hybridized carbons (Fsp3) is 0.640. The SMILES string of the molecule is CCCC(O)(CCC)C(CCC)(CCC)O[B]c1ccc(OCCOCCOCCON2CCN(CCCOc3ccc4nccc(C(=O)NCC(=O)N5CC(F)(F)C[C@H]5C#N)c4c3)CC2)cc1. The lowest BCUT2D eigenvalue weighted by Crippen LogP contribution is -2.57. The first-order valence-electron chi connectivity index (χ1n) is 24.5. The lowest BCUT2D eigenvalue weighted by atomic mass is 9.70. The summed E-state index contributed by atoms with van der Waals surface area (Å²) in [5.74, 6) is -3.14. The third-order valence-electron chi connectivity index (χ3n) is 12.5. The fourth-order valence-corrected chi connectivity index (χ4v) is 9.14. The molecule has 0 aliphatic carbocycles. The number of alkyl halides is 2. The van der Waals surface area contributed by atoms with Crippen molar-refractivity contribution in [2.24, 2.45) is 0 Å². The average molecular weight is 950 g/mol. The highest BCUT2D eigenvalue weighted by atomic mass is 19.3. The molecule has 5 rings (SSSR count). The van der Waals surface area contributed by atoms with Crippen LogP contribution in [0.25, 0.3) is 10.9 Å². The van der Waals surface area contributed by atoms with Gasteiger partial charge < -0.3 is 43.8 Å². The zero-order chi connectivity index (χ0) is 48.8. The number of hydroxylamine groups is 2. The number of piperazine rings is 1. The third kappa shape index (κ3) is 16.0. The van der Waals surface area contributed by atoms with Gasteiger partial charge >= 0.3 is 7.48 Å². The molecule has 2 amide bonds. The number of benzene rings is 2. The van der Waals surface area contributed by atoms with E-state index in [1.807, 2.05) is 29.3 Å². The van der Waals surface area contributed by atoms with Gasteiger partial charge in [0.2, 0.25) is 5.91 Å². The normalized spacial score (nSPS) is 16.7. The van der Waals surface area contributed by atoms with Gasteiger partial charge in [-0.25, -0.2) is 8.78 Å². The van der Waals surface area contributed by atoms with Crippen LogP contribution in [0.15, 0.2) is 54.7 Å². The number of aromatic nitrogens is 1. The summed E-state index contributed by atoms with van der Waals surface area (Å²) < 4.78 is 57.5. The van der Waals surface area contributed by atoms with E-state index >= 15 is 0 Å². The Balaban J connectivity index is 0.888. The lowest BCUT2D eigenvalue weighted by molar-refractivity contribution is -0.186. The van der Waals surface area contributed by atoms with E-state index in [4.69, 9.17) is 28.4 Å². The van der Waals surface area contributed by atoms with Gasteiger partial charge in [-0.3, -0.25) is 19.4 Å². The highest BCUT2D eigenvalue weighted by Gasteiger charge is 2.49. The van der Waals surface area contributed by atoms with E-state index in [0.29, 0.717) is 62.9 Å². The Morgan fingerprint density at radius 3 is 2.15 bits per heavy atom. The van der Waals surface area contributed by atoms with Crippen LogP contribution in [0.1, 0.15) is 102 Å². The minimum Gasteiger partial charge on any atom is -0.494 e. The molecule has 2 aliphatic heterocycles. The number of hydrogen-bond acceptors (Lipinski definition) is 13. The molecule has 0 spiro atoms. The predicted molar refractivity (Wildman–Crippen MR) is 256 cm³/mol. The number of ether oxygens (including phenoxy) is 4. The number of carbonyl (C=O) groups excluding carboxylic acids is 2. The molecule has 2 N–H and O–H groups in total. The molecule has 0 bridgehead atoms. The standard InChI is InChI=1S/C50H72BF2N6O9/c1-5-17-48(62,18-6-2)49(19-7-3,20-8-4)68-51-39-10-12-41(13-11-39)66-32-30-63-28-29-64-31-33-67-58-25-23-57(24-26-58)22-9-27-65-42-14-15-45-44(34-42)43(16-21-55-45)47(61)56-37-46(60)59-38-50(52,53)35-40(59)36-54/h10-16,21,34,40,62H,5-9,17-20,22-33,35,37-38H2,1-4H3,(H,56,61)/t40-/m0/s1. The molecule has 2 fully saturated rings. The molecule has 0 unspecified atom stereocenters. The Kier molecular flexibility index (Phi) is 22.1. The first-order chi connectivity index (χ1) is 32.9. The summed E-state index contributed by atoms with van der Waals surface area (Å²) >= 11 is 0. The smallest absolute Gasteiger partial charge is 0.330 e. The molecule has 1 radical (unpaired) electrons. The van der Waals surface area contributed by atoms with Gasteiger partial charge in [-0.05, 0) is 68.5 Å². The van der Waals surface area contributed by atoms with Crippen LogP contribution in [0.3, 0.4) is 0 Å². The molecule has 68 heavy (non-hydrogen) atoms. The molecule has 2 aliphatic rings. The predicted octanol–water partition coefficient (Wildman–Crippen LogP) is 6.09. The van der Waals surface area contributed by atoms with Crippen molar-refractivity contribution in [2.45, 2.75) is 115 Å². The van der Waals surface area contributed by atoms with Gasteiger partial charge in [0.25, 0.3) is 11.8 Å². The summed E-state index contributed by atoms with van der Waals surface area (Å²) in [6, 6.07) is 15.1. The van der Waals surface area contributed by atoms with E-state index < -0.39 is 54.5 Å². The molecule has 2 aromatic carbocycles. The average Bonchev–Trinajstić information content (AvgIpc) is 3.66. The van der Waals surface area contributed by atoms with Gasteiger partial charge in [0.05, 0.1) is 81.1 Å². The number of nitrogens with zero attached hydrogens (tertiary/aromatic N) is 5. The quantitative estimate of drug-likeness (QED) is 0.0563. The van der Waals surface area contributed by atoms with Crippen LogP contribution in [-0.4, -0.2) is 159 Å². The molecule has 18 heteroatoms. The van der Waals surface area contributed by atoms with Crippen LogP contribution >= 0.6 is 0 Å². The number of amides is 2. The van der Waals surface area contributed by atoms with Crippen LogP contribution in [0, 0.1) is 11.3 Å². The first-order valence-corrected chi connectivity index (χ1v) is 24.5. The maximum Gasteiger partial charge on any atom is 0.330 e. The molecule has 1 aromatic heterocycles. The van der Waals surface area contributed by atoms with Gasteiger partial charge in [-0.15, -0.1) is 0 Å². The van der Waals surface area contributed by atoms with Crippen molar-refractivity contribution in [3.63, 3.8) is 0 Å². The monoisotopic (exact) mass is 950 g/mol. The van der Waals surface area contributed by atoms with Gasteiger partial charge in [-0.2, -0.15) is 10.3 Å². The van der Waals surface area contributed by atoms with Gasteiger partial charge in [0, 0.05) is 50.7 Å². The molecular formula is C50H72BF2N6O9. The topological polar surface area (TPSA) is 168 Å². The van der Waals surface area contributed by atoms with Crippen LogP contribution in [0.2, 0.25) is 0 Å². The van der Waals surface area contributed by atoms with Crippen LogP contribution in [-0.2, 0) is 23.8 Å². The van der Waals surface area contributed by atoms with Crippen molar-refractivity contribution in [1.29, 1.82) is 5.26 Å². The van der Waals surface area contributed by atoms with Gasteiger partial charge in [-0.1, -0.05) is 71.0 Å². The van der Waals surface area contributed by atoms with E-state index in [0.717, 1.165) is 107 Å². The number of nitriles is 1. The molecular weight excluding hydrogens is 877 g/mol. The molecule has 15 nitrogen and oxygen atoms in total. The number of rotatable bonds is 31. The number of carbonyl (C=O) groups is 2. The summed E-state index contributed by atoms with van der Waals surface area (Å²) in [6.45, 7) is 14.4. The molecule has 373 valence electrons. The van der Waals surface area contributed by atoms with Crippen molar-refractivity contribution in [2.75, 3.05) is 92.1 Å². The number of fused-ring (bicyclic) bond motifs is 1. The number of likely N-dealkylation sites (tertiary alicyclic amines) is 1. The number of aliphatic hydroxyl groups is 1. The fourth-order valence-electron chi connectivity index (χ4n) is 9.14. The Bertz CT molecular complexity index is 2030. The largest absolute Gasteiger partial charge is 0.494 e.